The van der Waals surface area contributed by atoms with E-state index in [9.17, 15) is 4.79 Å². The molecular weight excluding hydrogens is 232 g/mol. The SMILES string of the molecule is CCN(C(=O)COC1CCC(=NO)CC1)C1CC1. The standard InChI is InChI=1S/C13H22N2O3/c1-2-15(11-5-6-11)13(16)9-18-12-7-3-10(14-17)4-8-12/h11-12,17H,2-9H2,1H3. The lowest BCUT2D eigenvalue weighted by Gasteiger charge is -2.25. The third kappa shape index (κ3) is 3.45. The molecule has 0 aromatic rings. The highest BCUT2D eigenvalue weighted by Crippen LogP contribution is 2.27. The Bertz CT molecular complexity index is 316. The fraction of sp³-hybridized carbons (Fsp3) is 0.846. The molecule has 0 spiro atoms. The van der Waals surface area contributed by atoms with Gasteiger partial charge in [-0.3, -0.25) is 4.79 Å². The Morgan fingerprint density at radius 2 is 2.06 bits per heavy atom. The van der Waals surface area contributed by atoms with Crippen LogP contribution in [0, 0.1) is 0 Å². The number of hydrogen-bond acceptors (Lipinski definition) is 4. The fourth-order valence-corrected chi connectivity index (χ4v) is 2.49. The molecule has 0 aromatic carbocycles. The van der Waals surface area contributed by atoms with Gasteiger partial charge in [-0.05, 0) is 45.4 Å². The van der Waals surface area contributed by atoms with Crippen molar-refractivity contribution in [2.75, 3.05) is 13.2 Å². The summed E-state index contributed by atoms with van der Waals surface area (Å²) in [4.78, 5) is 13.9. The third-order valence-corrected chi connectivity index (χ3v) is 3.74. The average molecular weight is 254 g/mol. The zero-order valence-electron chi connectivity index (χ0n) is 11.0. The van der Waals surface area contributed by atoms with Crippen molar-refractivity contribution >= 4 is 11.6 Å². The van der Waals surface area contributed by atoms with Crippen LogP contribution in [0.2, 0.25) is 0 Å². The van der Waals surface area contributed by atoms with Gasteiger partial charge in [-0.2, -0.15) is 0 Å². The molecule has 102 valence electrons. The van der Waals surface area contributed by atoms with Crippen LogP contribution in [0.1, 0.15) is 45.4 Å². The van der Waals surface area contributed by atoms with E-state index >= 15 is 0 Å². The summed E-state index contributed by atoms with van der Waals surface area (Å²) in [7, 11) is 0. The number of nitrogens with zero attached hydrogens (tertiary/aromatic N) is 2. The van der Waals surface area contributed by atoms with Crippen molar-refractivity contribution < 1.29 is 14.7 Å². The number of carbonyl (C=O) groups is 1. The molecular formula is C13H22N2O3. The molecule has 5 nitrogen and oxygen atoms in total. The first kappa shape index (κ1) is 13.3. The van der Waals surface area contributed by atoms with Crippen molar-refractivity contribution in [3.8, 4) is 0 Å². The summed E-state index contributed by atoms with van der Waals surface area (Å²) in [6.07, 6.45) is 5.66. The van der Waals surface area contributed by atoms with Crippen molar-refractivity contribution in [3.63, 3.8) is 0 Å². The topological polar surface area (TPSA) is 62.1 Å². The van der Waals surface area contributed by atoms with Crippen LogP contribution in [-0.2, 0) is 9.53 Å². The predicted molar refractivity (Wildman–Crippen MR) is 67.8 cm³/mol. The maximum atomic E-state index is 12.0. The molecule has 0 radical (unpaired) electrons. The van der Waals surface area contributed by atoms with Gasteiger partial charge in [0.25, 0.3) is 0 Å². The van der Waals surface area contributed by atoms with Crippen molar-refractivity contribution in [2.24, 2.45) is 5.16 Å². The molecule has 0 heterocycles. The van der Waals surface area contributed by atoms with Gasteiger partial charge >= 0.3 is 0 Å². The molecule has 0 aliphatic heterocycles. The number of hydrogen-bond donors (Lipinski definition) is 1. The first-order valence-corrected chi connectivity index (χ1v) is 6.85. The molecule has 0 atom stereocenters. The van der Waals surface area contributed by atoms with E-state index < -0.39 is 0 Å². The molecule has 2 aliphatic carbocycles. The minimum atomic E-state index is 0.113. The maximum Gasteiger partial charge on any atom is 0.248 e. The van der Waals surface area contributed by atoms with Crippen LogP contribution < -0.4 is 0 Å². The first-order valence-electron chi connectivity index (χ1n) is 6.85. The van der Waals surface area contributed by atoms with E-state index in [1.165, 1.54) is 0 Å². The highest BCUT2D eigenvalue weighted by Gasteiger charge is 2.31. The lowest BCUT2D eigenvalue weighted by molar-refractivity contribution is -0.138. The monoisotopic (exact) mass is 254 g/mol. The van der Waals surface area contributed by atoms with Crippen LogP contribution in [0.25, 0.3) is 0 Å². The summed E-state index contributed by atoms with van der Waals surface area (Å²) in [5, 5.41) is 11.9. The zero-order valence-corrected chi connectivity index (χ0v) is 11.0. The molecule has 2 aliphatic rings. The number of ether oxygens (including phenoxy) is 1. The zero-order chi connectivity index (χ0) is 13.0. The van der Waals surface area contributed by atoms with Crippen LogP contribution >= 0.6 is 0 Å². The van der Waals surface area contributed by atoms with Crippen LogP contribution in [0.15, 0.2) is 5.16 Å². The molecule has 1 amide bonds. The second kappa shape index (κ2) is 6.18. The number of carbonyl (C=O) groups excluding carboxylic acids is 1. The van der Waals surface area contributed by atoms with Crippen molar-refractivity contribution in [2.45, 2.75) is 57.6 Å². The van der Waals surface area contributed by atoms with Crippen molar-refractivity contribution in [3.05, 3.63) is 0 Å². The number of amides is 1. The Kier molecular flexibility index (Phi) is 4.58. The molecule has 0 unspecified atom stereocenters. The van der Waals surface area contributed by atoms with Gasteiger partial charge in [0.05, 0.1) is 11.8 Å². The molecule has 0 bridgehead atoms. The van der Waals surface area contributed by atoms with Gasteiger partial charge in [0.2, 0.25) is 5.91 Å². The van der Waals surface area contributed by atoms with Gasteiger partial charge in [0, 0.05) is 12.6 Å². The van der Waals surface area contributed by atoms with Gasteiger partial charge in [0.1, 0.15) is 6.61 Å². The largest absolute Gasteiger partial charge is 0.411 e. The van der Waals surface area contributed by atoms with Crippen molar-refractivity contribution in [1.82, 2.24) is 4.90 Å². The molecule has 0 saturated heterocycles. The van der Waals surface area contributed by atoms with E-state index in [2.05, 4.69) is 5.16 Å². The second-order valence-corrected chi connectivity index (χ2v) is 5.09. The molecule has 0 aromatic heterocycles. The summed E-state index contributed by atoms with van der Waals surface area (Å²) in [6.45, 7) is 2.99. The van der Waals surface area contributed by atoms with Gasteiger partial charge in [-0.15, -0.1) is 0 Å². The Morgan fingerprint density at radius 3 is 2.56 bits per heavy atom. The Hall–Kier alpha value is -1.10. The third-order valence-electron chi connectivity index (χ3n) is 3.74. The molecule has 2 rings (SSSR count). The second-order valence-electron chi connectivity index (χ2n) is 5.09. The summed E-state index contributed by atoms with van der Waals surface area (Å²) in [5.74, 6) is 0.113. The van der Waals surface area contributed by atoms with Crippen LogP contribution in [0.3, 0.4) is 0 Å². The minimum Gasteiger partial charge on any atom is -0.411 e. The molecule has 2 saturated carbocycles. The smallest absolute Gasteiger partial charge is 0.248 e. The van der Waals surface area contributed by atoms with Gasteiger partial charge < -0.3 is 14.8 Å². The molecule has 18 heavy (non-hydrogen) atoms. The summed E-state index contributed by atoms with van der Waals surface area (Å²) in [6, 6.07) is 0.464. The average Bonchev–Trinajstić information content (AvgIpc) is 3.22. The summed E-state index contributed by atoms with van der Waals surface area (Å²) < 4.78 is 5.67. The number of rotatable bonds is 5. The van der Waals surface area contributed by atoms with E-state index in [4.69, 9.17) is 9.94 Å². The van der Waals surface area contributed by atoms with Gasteiger partial charge in [-0.1, -0.05) is 5.16 Å². The van der Waals surface area contributed by atoms with E-state index in [1.54, 1.807) is 0 Å². The summed E-state index contributed by atoms with van der Waals surface area (Å²) in [5.41, 5.74) is 0.842. The van der Waals surface area contributed by atoms with Crippen LogP contribution in [-0.4, -0.2) is 47.0 Å². The number of oxime groups is 1. The minimum absolute atomic E-state index is 0.113. The number of likely N-dealkylation sites (N-methyl/N-ethyl adjacent to an activating group) is 1. The normalized spacial score (nSPS) is 23.8. The molecule has 2 fully saturated rings. The van der Waals surface area contributed by atoms with E-state index in [0.717, 1.165) is 50.8 Å². The van der Waals surface area contributed by atoms with E-state index in [0.29, 0.717) is 6.04 Å². The maximum absolute atomic E-state index is 12.0. The van der Waals surface area contributed by atoms with Crippen LogP contribution in [0.4, 0.5) is 0 Å². The molecule has 1 N–H and O–H groups in total. The Morgan fingerprint density at radius 1 is 1.39 bits per heavy atom. The lowest BCUT2D eigenvalue weighted by Crippen LogP contribution is -2.37. The first-order chi connectivity index (χ1) is 8.74. The highest BCUT2D eigenvalue weighted by atomic mass is 16.5. The Labute approximate surface area is 108 Å². The van der Waals surface area contributed by atoms with Crippen LogP contribution in [0.5, 0.6) is 0 Å². The van der Waals surface area contributed by atoms with Gasteiger partial charge in [0.15, 0.2) is 0 Å². The van der Waals surface area contributed by atoms with Crippen molar-refractivity contribution in [1.29, 1.82) is 0 Å². The highest BCUT2D eigenvalue weighted by molar-refractivity contribution is 5.84. The van der Waals surface area contributed by atoms with Gasteiger partial charge in [-0.25, -0.2) is 0 Å². The lowest BCUT2D eigenvalue weighted by atomic mass is 9.96. The quantitative estimate of drug-likeness (QED) is 0.601. The Balaban J connectivity index is 1.69. The summed E-state index contributed by atoms with van der Waals surface area (Å²) >= 11 is 0. The van der Waals surface area contributed by atoms with E-state index in [1.807, 2.05) is 11.8 Å². The molecule has 5 heteroatoms. The fourth-order valence-electron chi connectivity index (χ4n) is 2.49. The predicted octanol–water partition coefficient (Wildman–Crippen LogP) is 1.79. The van der Waals surface area contributed by atoms with E-state index in [-0.39, 0.29) is 18.6 Å².